The number of carbonyl (C=O) groups is 1. The van der Waals surface area contributed by atoms with Gasteiger partial charge in [-0.15, -0.1) is 0 Å². The third-order valence-electron chi connectivity index (χ3n) is 3.30. The number of sulfone groups is 1. The van der Waals surface area contributed by atoms with Gasteiger partial charge in [0, 0.05) is 25.7 Å². The summed E-state index contributed by atoms with van der Waals surface area (Å²) in [5, 5.41) is 3.13. The molecule has 1 fully saturated rings. The molecule has 110 valence electrons. The fourth-order valence-corrected chi connectivity index (χ4v) is 3.89. The van der Waals surface area contributed by atoms with E-state index in [1.165, 1.54) is 4.90 Å². The van der Waals surface area contributed by atoms with Gasteiger partial charge in [-0.05, 0) is 24.6 Å². The number of hydrogen-bond acceptors (Lipinski definition) is 5. The molecule has 1 aromatic rings. The molecule has 0 spiro atoms. The van der Waals surface area contributed by atoms with Crippen LogP contribution in [0, 0.1) is 0 Å². The number of amides is 1. The summed E-state index contributed by atoms with van der Waals surface area (Å²) >= 11 is 0. The van der Waals surface area contributed by atoms with Crippen LogP contribution in [0.25, 0.3) is 0 Å². The van der Waals surface area contributed by atoms with Crippen molar-refractivity contribution in [2.45, 2.75) is 12.5 Å². The highest BCUT2D eigenvalue weighted by Gasteiger charge is 2.28. The minimum Gasteiger partial charge on any atom is -0.397 e. The van der Waals surface area contributed by atoms with Gasteiger partial charge in [0.15, 0.2) is 9.84 Å². The molecule has 2 rings (SSSR count). The van der Waals surface area contributed by atoms with Crippen molar-refractivity contribution in [1.29, 1.82) is 0 Å². The molecule has 0 aliphatic carbocycles. The third kappa shape index (κ3) is 3.22. The lowest BCUT2D eigenvalue weighted by Gasteiger charge is -2.16. The van der Waals surface area contributed by atoms with Crippen LogP contribution in [0.1, 0.15) is 16.8 Å². The van der Waals surface area contributed by atoms with Crippen molar-refractivity contribution in [3.05, 3.63) is 23.8 Å². The number of benzene rings is 1. The molecular weight excluding hydrogens is 278 g/mol. The zero-order valence-electron chi connectivity index (χ0n) is 11.6. The molecule has 1 heterocycles. The molecule has 20 heavy (non-hydrogen) atoms. The van der Waals surface area contributed by atoms with E-state index in [2.05, 4.69) is 5.32 Å². The van der Waals surface area contributed by atoms with Crippen molar-refractivity contribution in [3.63, 3.8) is 0 Å². The first-order valence-electron chi connectivity index (χ1n) is 6.36. The zero-order valence-corrected chi connectivity index (χ0v) is 12.4. The van der Waals surface area contributed by atoms with E-state index in [4.69, 9.17) is 5.73 Å². The van der Waals surface area contributed by atoms with Gasteiger partial charge in [0.05, 0.1) is 22.9 Å². The smallest absolute Gasteiger partial charge is 0.253 e. The molecule has 1 unspecified atom stereocenters. The fourth-order valence-electron chi connectivity index (χ4n) is 2.21. The van der Waals surface area contributed by atoms with Gasteiger partial charge in [0.1, 0.15) is 0 Å². The molecule has 7 heteroatoms. The molecule has 0 bridgehead atoms. The van der Waals surface area contributed by atoms with E-state index in [1.54, 1.807) is 32.3 Å². The number of nitrogens with two attached hydrogens (primary N) is 1. The van der Waals surface area contributed by atoms with E-state index in [0.29, 0.717) is 23.4 Å². The Morgan fingerprint density at radius 2 is 2.10 bits per heavy atom. The summed E-state index contributed by atoms with van der Waals surface area (Å²) in [5.41, 5.74) is 7.55. The Balaban J connectivity index is 2.13. The monoisotopic (exact) mass is 297 g/mol. The Kier molecular flexibility index (Phi) is 3.89. The molecule has 1 aliphatic rings. The second-order valence-electron chi connectivity index (χ2n) is 5.25. The minimum atomic E-state index is -2.93. The summed E-state index contributed by atoms with van der Waals surface area (Å²) < 4.78 is 22.8. The van der Waals surface area contributed by atoms with Crippen molar-refractivity contribution in [1.82, 2.24) is 4.90 Å². The Morgan fingerprint density at radius 1 is 1.40 bits per heavy atom. The van der Waals surface area contributed by atoms with Crippen LogP contribution in [0.2, 0.25) is 0 Å². The summed E-state index contributed by atoms with van der Waals surface area (Å²) in [5.74, 6) is 0.221. The van der Waals surface area contributed by atoms with Gasteiger partial charge in [-0.25, -0.2) is 8.42 Å². The summed E-state index contributed by atoms with van der Waals surface area (Å²) in [4.78, 5) is 13.3. The Bertz CT molecular complexity index is 626. The van der Waals surface area contributed by atoms with Crippen molar-refractivity contribution in [2.24, 2.45) is 0 Å². The van der Waals surface area contributed by atoms with Crippen LogP contribution in [-0.4, -0.2) is 50.9 Å². The van der Waals surface area contributed by atoms with Crippen LogP contribution in [-0.2, 0) is 9.84 Å². The van der Waals surface area contributed by atoms with E-state index in [-0.39, 0.29) is 23.5 Å². The number of nitrogens with zero attached hydrogens (tertiary/aromatic N) is 1. The normalized spacial score (nSPS) is 20.6. The summed E-state index contributed by atoms with van der Waals surface area (Å²) in [6, 6.07) is 4.90. The van der Waals surface area contributed by atoms with E-state index < -0.39 is 9.84 Å². The van der Waals surface area contributed by atoms with Crippen molar-refractivity contribution in [3.8, 4) is 0 Å². The van der Waals surface area contributed by atoms with Gasteiger partial charge in [-0.1, -0.05) is 0 Å². The lowest BCUT2D eigenvalue weighted by atomic mass is 10.1. The molecular formula is C13H19N3O3S. The topological polar surface area (TPSA) is 92.5 Å². The molecule has 0 aromatic heterocycles. The van der Waals surface area contributed by atoms with Crippen molar-refractivity contribution in [2.75, 3.05) is 36.7 Å². The van der Waals surface area contributed by atoms with E-state index >= 15 is 0 Å². The number of nitrogens with one attached hydrogen (secondary N) is 1. The first-order valence-corrected chi connectivity index (χ1v) is 8.19. The van der Waals surface area contributed by atoms with Crippen LogP contribution >= 0.6 is 0 Å². The largest absolute Gasteiger partial charge is 0.397 e. The first kappa shape index (κ1) is 14.6. The van der Waals surface area contributed by atoms with Crippen LogP contribution in [0.3, 0.4) is 0 Å². The SMILES string of the molecule is CN(C)C(=O)c1ccc(NC2CCS(=O)(=O)C2)c(N)c1. The van der Waals surface area contributed by atoms with Gasteiger partial charge < -0.3 is 16.0 Å². The average molecular weight is 297 g/mol. The Morgan fingerprint density at radius 3 is 2.60 bits per heavy atom. The van der Waals surface area contributed by atoms with E-state index in [0.717, 1.165) is 0 Å². The van der Waals surface area contributed by atoms with Gasteiger partial charge in [0.25, 0.3) is 5.91 Å². The van der Waals surface area contributed by atoms with Crippen LogP contribution in [0.5, 0.6) is 0 Å². The second kappa shape index (κ2) is 5.32. The number of carbonyl (C=O) groups excluding carboxylic acids is 1. The predicted octanol–water partition coefficient (Wildman–Crippen LogP) is 0.570. The van der Waals surface area contributed by atoms with Crippen LogP contribution in [0.4, 0.5) is 11.4 Å². The summed E-state index contributed by atoms with van der Waals surface area (Å²) in [6.07, 6.45) is 0.583. The van der Waals surface area contributed by atoms with E-state index in [1.807, 2.05) is 0 Å². The quantitative estimate of drug-likeness (QED) is 0.796. The second-order valence-corrected chi connectivity index (χ2v) is 7.47. The Hall–Kier alpha value is -1.76. The molecule has 3 N–H and O–H groups in total. The maximum absolute atomic E-state index is 11.8. The molecule has 6 nitrogen and oxygen atoms in total. The number of nitrogen functional groups attached to an aromatic ring is 1. The molecule has 1 aromatic carbocycles. The molecule has 1 atom stereocenters. The highest BCUT2D eigenvalue weighted by atomic mass is 32.2. The maximum atomic E-state index is 11.8. The van der Waals surface area contributed by atoms with Crippen molar-refractivity contribution >= 4 is 27.1 Å². The average Bonchev–Trinajstić information content (AvgIpc) is 2.70. The third-order valence-corrected chi connectivity index (χ3v) is 5.06. The minimum absolute atomic E-state index is 0.113. The van der Waals surface area contributed by atoms with Gasteiger partial charge >= 0.3 is 0 Å². The van der Waals surface area contributed by atoms with Crippen LogP contribution in [0.15, 0.2) is 18.2 Å². The zero-order chi connectivity index (χ0) is 14.9. The molecule has 1 aliphatic heterocycles. The molecule has 1 amide bonds. The lowest BCUT2D eigenvalue weighted by molar-refractivity contribution is 0.0827. The lowest BCUT2D eigenvalue weighted by Crippen LogP contribution is -2.23. The summed E-state index contributed by atoms with van der Waals surface area (Å²) in [7, 11) is 0.424. The predicted molar refractivity (Wildman–Crippen MR) is 79.6 cm³/mol. The van der Waals surface area contributed by atoms with Crippen molar-refractivity contribution < 1.29 is 13.2 Å². The molecule has 0 saturated carbocycles. The molecule has 1 saturated heterocycles. The first-order chi connectivity index (χ1) is 9.28. The highest BCUT2D eigenvalue weighted by molar-refractivity contribution is 7.91. The fraction of sp³-hybridized carbons (Fsp3) is 0.462. The summed E-state index contributed by atoms with van der Waals surface area (Å²) in [6.45, 7) is 0. The maximum Gasteiger partial charge on any atom is 0.253 e. The van der Waals surface area contributed by atoms with Gasteiger partial charge in [0.2, 0.25) is 0 Å². The van der Waals surface area contributed by atoms with Gasteiger partial charge in [-0.2, -0.15) is 0 Å². The number of anilines is 2. The van der Waals surface area contributed by atoms with Crippen LogP contribution < -0.4 is 11.1 Å². The van der Waals surface area contributed by atoms with E-state index in [9.17, 15) is 13.2 Å². The standard InChI is InChI=1S/C13H19N3O3S/c1-16(2)13(17)9-3-4-12(11(14)7-9)15-10-5-6-20(18,19)8-10/h3-4,7,10,15H,5-6,8,14H2,1-2H3. The highest BCUT2D eigenvalue weighted by Crippen LogP contribution is 2.24. The number of rotatable bonds is 3. The van der Waals surface area contributed by atoms with Gasteiger partial charge in [-0.3, -0.25) is 4.79 Å². The Labute approximate surface area is 118 Å². The number of hydrogen-bond donors (Lipinski definition) is 2. The molecule has 0 radical (unpaired) electrons.